The van der Waals surface area contributed by atoms with E-state index in [2.05, 4.69) is 12.2 Å². The number of hydrogen-bond acceptors (Lipinski definition) is 4. The third-order valence-corrected chi connectivity index (χ3v) is 3.65. The normalized spacial score (nSPS) is 10.3. The lowest BCUT2D eigenvalue weighted by atomic mass is 10.2. The second kappa shape index (κ2) is 9.56. The Bertz CT molecular complexity index is 759. The van der Waals surface area contributed by atoms with E-state index in [1.807, 2.05) is 0 Å². The molecule has 2 aromatic rings. The van der Waals surface area contributed by atoms with Crippen molar-refractivity contribution < 1.29 is 23.5 Å². The highest BCUT2D eigenvalue weighted by Crippen LogP contribution is 2.15. The molecular formula is C20H22FNO4. The Hall–Kier alpha value is -2.89. The molecule has 2 aromatic carbocycles. The SMILES string of the molecule is CCCCOc1ccc(C(=O)OCC(=O)Nc2ccc(C)c(F)c2)cc1. The van der Waals surface area contributed by atoms with Gasteiger partial charge in [0, 0.05) is 5.69 Å². The number of carbonyl (C=O) groups is 2. The van der Waals surface area contributed by atoms with Crippen molar-refractivity contribution in [1.29, 1.82) is 0 Å². The predicted molar refractivity (Wildman–Crippen MR) is 96.9 cm³/mol. The Labute approximate surface area is 152 Å². The monoisotopic (exact) mass is 359 g/mol. The number of halogens is 1. The van der Waals surface area contributed by atoms with Gasteiger partial charge < -0.3 is 14.8 Å². The van der Waals surface area contributed by atoms with E-state index >= 15 is 0 Å². The minimum Gasteiger partial charge on any atom is -0.494 e. The molecule has 0 fully saturated rings. The van der Waals surface area contributed by atoms with E-state index in [0.29, 0.717) is 29.2 Å². The molecule has 1 amide bonds. The van der Waals surface area contributed by atoms with E-state index in [-0.39, 0.29) is 0 Å². The summed E-state index contributed by atoms with van der Waals surface area (Å²) < 4.78 is 23.9. The van der Waals surface area contributed by atoms with Crippen molar-refractivity contribution in [3.8, 4) is 5.75 Å². The van der Waals surface area contributed by atoms with E-state index < -0.39 is 24.3 Å². The lowest BCUT2D eigenvalue weighted by Gasteiger charge is -2.08. The third-order valence-electron chi connectivity index (χ3n) is 3.65. The van der Waals surface area contributed by atoms with Crippen molar-refractivity contribution in [1.82, 2.24) is 0 Å². The van der Waals surface area contributed by atoms with Crippen molar-refractivity contribution in [2.24, 2.45) is 0 Å². The maximum Gasteiger partial charge on any atom is 0.338 e. The number of hydrogen-bond donors (Lipinski definition) is 1. The first-order chi connectivity index (χ1) is 12.5. The van der Waals surface area contributed by atoms with Crippen LogP contribution in [0.1, 0.15) is 35.7 Å². The Morgan fingerprint density at radius 3 is 2.50 bits per heavy atom. The van der Waals surface area contributed by atoms with E-state index in [4.69, 9.17) is 9.47 Å². The second-order valence-electron chi connectivity index (χ2n) is 5.81. The van der Waals surface area contributed by atoms with Crippen LogP contribution in [0.2, 0.25) is 0 Å². The first-order valence-electron chi connectivity index (χ1n) is 8.45. The molecule has 0 aliphatic rings. The molecule has 0 aromatic heterocycles. The number of carbonyl (C=O) groups excluding carboxylic acids is 2. The summed E-state index contributed by atoms with van der Waals surface area (Å²) in [6, 6.07) is 10.9. The van der Waals surface area contributed by atoms with Gasteiger partial charge in [-0.25, -0.2) is 9.18 Å². The van der Waals surface area contributed by atoms with Crippen LogP contribution in [0.5, 0.6) is 5.75 Å². The van der Waals surface area contributed by atoms with Crippen LogP contribution in [-0.4, -0.2) is 25.1 Å². The smallest absolute Gasteiger partial charge is 0.338 e. The van der Waals surface area contributed by atoms with Gasteiger partial charge in [-0.05, 0) is 55.3 Å². The Morgan fingerprint density at radius 1 is 1.12 bits per heavy atom. The molecule has 0 radical (unpaired) electrons. The fourth-order valence-corrected chi connectivity index (χ4v) is 2.10. The lowest BCUT2D eigenvalue weighted by Crippen LogP contribution is -2.21. The molecular weight excluding hydrogens is 337 g/mol. The molecule has 2 rings (SSSR count). The molecule has 0 aliphatic carbocycles. The standard InChI is InChI=1S/C20H22FNO4/c1-3-4-11-25-17-9-6-15(7-10-17)20(24)26-13-19(23)22-16-8-5-14(2)18(21)12-16/h5-10,12H,3-4,11,13H2,1-2H3,(H,22,23). The number of ether oxygens (including phenoxy) is 2. The molecule has 0 spiro atoms. The minimum absolute atomic E-state index is 0.308. The highest BCUT2D eigenvalue weighted by Gasteiger charge is 2.11. The van der Waals surface area contributed by atoms with E-state index in [1.165, 1.54) is 6.07 Å². The van der Waals surface area contributed by atoms with Crippen LogP contribution in [-0.2, 0) is 9.53 Å². The van der Waals surface area contributed by atoms with E-state index in [1.54, 1.807) is 43.3 Å². The van der Waals surface area contributed by atoms with Crippen molar-refractivity contribution in [3.63, 3.8) is 0 Å². The highest BCUT2D eigenvalue weighted by molar-refractivity contribution is 5.95. The van der Waals surface area contributed by atoms with Crippen molar-refractivity contribution in [2.75, 3.05) is 18.5 Å². The van der Waals surface area contributed by atoms with Crippen molar-refractivity contribution in [2.45, 2.75) is 26.7 Å². The Morgan fingerprint density at radius 2 is 1.85 bits per heavy atom. The fourth-order valence-electron chi connectivity index (χ4n) is 2.10. The van der Waals surface area contributed by atoms with Gasteiger partial charge in [0.05, 0.1) is 12.2 Å². The molecule has 0 heterocycles. The zero-order chi connectivity index (χ0) is 18.9. The summed E-state index contributed by atoms with van der Waals surface area (Å²) in [6.07, 6.45) is 2.01. The van der Waals surface area contributed by atoms with Crippen LogP contribution in [0.3, 0.4) is 0 Å². The molecule has 0 aliphatic heterocycles. The molecule has 6 heteroatoms. The van der Waals surface area contributed by atoms with Gasteiger partial charge in [0.15, 0.2) is 6.61 Å². The van der Waals surface area contributed by atoms with Gasteiger partial charge in [-0.1, -0.05) is 19.4 Å². The van der Waals surface area contributed by atoms with Gasteiger partial charge in [0.1, 0.15) is 11.6 Å². The Balaban J connectivity index is 1.81. The molecule has 0 atom stereocenters. The van der Waals surface area contributed by atoms with Crippen LogP contribution >= 0.6 is 0 Å². The molecule has 0 saturated carbocycles. The average molecular weight is 359 g/mol. The molecule has 26 heavy (non-hydrogen) atoms. The van der Waals surface area contributed by atoms with Gasteiger partial charge in [-0.3, -0.25) is 4.79 Å². The predicted octanol–water partition coefficient (Wildman–Crippen LogP) is 4.11. The summed E-state index contributed by atoms with van der Waals surface area (Å²) in [5.41, 5.74) is 1.11. The molecule has 1 N–H and O–H groups in total. The fraction of sp³-hybridized carbons (Fsp3) is 0.300. The van der Waals surface area contributed by atoms with Crippen molar-refractivity contribution >= 4 is 17.6 Å². The summed E-state index contributed by atoms with van der Waals surface area (Å²) in [7, 11) is 0. The minimum atomic E-state index is -0.615. The topological polar surface area (TPSA) is 64.6 Å². The lowest BCUT2D eigenvalue weighted by molar-refractivity contribution is -0.119. The quantitative estimate of drug-likeness (QED) is 0.569. The number of esters is 1. The van der Waals surface area contributed by atoms with Gasteiger partial charge >= 0.3 is 5.97 Å². The number of benzene rings is 2. The van der Waals surface area contributed by atoms with Crippen LogP contribution < -0.4 is 10.1 Å². The summed E-state index contributed by atoms with van der Waals surface area (Å²) in [6.45, 7) is 3.87. The number of nitrogens with one attached hydrogen (secondary N) is 1. The number of aryl methyl sites for hydroxylation is 1. The number of unbranched alkanes of at least 4 members (excludes halogenated alkanes) is 1. The maximum absolute atomic E-state index is 13.4. The summed E-state index contributed by atoms with van der Waals surface area (Å²) >= 11 is 0. The zero-order valence-corrected chi connectivity index (χ0v) is 14.9. The first-order valence-corrected chi connectivity index (χ1v) is 8.45. The largest absolute Gasteiger partial charge is 0.494 e. The number of amides is 1. The van der Waals surface area contributed by atoms with Gasteiger partial charge in [0.2, 0.25) is 0 Å². The number of rotatable bonds is 8. The summed E-state index contributed by atoms with van der Waals surface area (Å²) in [5.74, 6) is -0.897. The average Bonchev–Trinajstić information content (AvgIpc) is 2.63. The van der Waals surface area contributed by atoms with Crippen LogP contribution in [0.4, 0.5) is 10.1 Å². The van der Waals surface area contributed by atoms with Crippen molar-refractivity contribution in [3.05, 3.63) is 59.4 Å². The van der Waals surface area contributed by atoms with Gasteiger partial charge in [-0.2, -0.15) is 0 Å². The van der Waals surface area contributed by atoms with Crippen LogP contribution in [0, 0.1) is 12.7 Å². The van der Waals surface area contributed by atoms with Crippen LogP contribution in [0.15, 0.2) is 42.5 Å². The van der Waals surface area contributed by atoms with E-state index in [0.717, 1.165) is 12.8 Å². The first kappa shape index (κ1) is 19.4. The van der Waals surface area contributed by atoms with Gasteiger partial charge in [-0.15, -0.1) is 0 Å². The molecule has 0 bridgehead atoms. The maximum atomic E-state index is 13.4. The molecule has 0 saturated heterocycles. The summed E-state index contributed by atoms with van der Waals surface area (Å²) in [4.78, 5) is 23.8. The summed E-state index contributed by atoms with van der Waals surface area (Å²) in [5, 5.41) is 2.48. The molecule has 5 nitrogen and oxygen atoms in total. The van der Waals surface area contributed by atoms with Gasteiger partial charge in [0.25, 0.3) is 5.91 Å². The zero-order valence-electron chi connectivity index (χ0n) is 14.9. The highest BCUT2D eigenvalue weighted by atomic mass is 19.1. The van der Waals surface area contributed by atoms with E-state index in [9.17, 15) is 14.0 Å². The molecule has 0 unspecified atom stereocenters. The number of anilines is 1. The Kier molecular flexibility index (Phi) is 7.14. The third kappa shape index (κ3) is 5.88. The van der Waals surface area contributed by atoms with Crippen LogP contribution in [0.25, 0.3) is 0 Å². The second-order valence-corrected chi connectivity index (χ2v) is 5.81. The molecule has 138 valence electrons.